The monoisotopic (exact) mass is 299 g/mol. The first-order valence-corrected chi connectivity index (χ1v) is 6.26. The summed E-state index contributed by atoms with van der Waals surface area (Å²) in [6, 6.07) is 3.75. The molecule has 0 aromatic carbocycles. The number of carbonyl (C=O) groups excluding carboxylic acids is 1. The fourth-order valence-corrected chi connectivity index (χ4v) is 2.04. The average molecular weight is 300 g/mol. The van der Waals surface area contributed by atoms with E-state index in [0.29, 0.717) is 23.3 Å². The van der Waals surface area contributed by atoms with Crippen molar-refractivity contribution in [2.45, 2.75) is 6.04 Å². The molecule has 17 heavy (non-hydrogen) atoms. The first kappa shape index (κ1) is 12.5. The second-order valence-electron chi connectivity index (χ2n) is 3.77. The van der Waals surface area contributed by atoms with E-state index >= 15 is 0 Å². The molecule has 0 radical (unpaired) electrons. The van der Waals surface area contributed by atoms with E-state index in [0.717, 1.165) is 13.2 Å². The standard InChI is InChI=1S/C11H14BrN3O2/c12-9-2-1-3-14-10(9)11(16)15-6-8-7-17-5-4-13-8/h1-3,8,13H,4-7H2,(H,15,16). The predicted molar refractivity (Wildman–Crippen MR) is 66.9 cm³/mol. The highest BCUT2D eigenvalue weighted by Crippen LogP contribution is 2.12. The molecule has 1 aliphatic rings. The average Bonchev–Trinajstić information content (AvgIpc) is 2.38. The molecule has 1 saturated heterocycles. The highest BCUT2D eigenvalue weighted by Gasteiger charge is 2.16. The lowest BCUT2D eigenvalue weighted by Crippen LogP contribution is -2.48. The van der Waals surface area contributed by atoms with E-state index in [2.05, 4.69) is 31.5 Å². The third-order valence-corrected chi connectivity index (χ3v) is 3.12. The van der Waals surface area contributed by atoms with Crippen LogP contribution in [0.25, 0.3) is 0 Å². The van der Waals surface area contributed by atoms with Gasteiger partial charge in [0.25, 0.3) is 5.91 Å². The highest BCUT2D eigenvalue weighted by atomic mass is 79.9. The zero-order valence-electron chi connectivity index (χ0n) is 9.28. The molecule has 0 bridgehead atoms. The number of halogens is 1. The summed E-state index contributed by atoms with van der Waals surface area (Å²) in [4.78, 5) is 15.9. The van der Waals surface area contributed by atoms with E-state index in [1.807, 2.05) is 0 Å². The van der Waals surface area contributed by atoms with Crippen molar-refractivity contribution in [3.8, 4) is 0 Å². The Balaban J connectivity index is 1.87. The van der Waals surface area contributed by atoms with Gasteiger partial charge in [0, 0.05) is 29.8 Å². The molecule has 2 rings (SSSR count). The van der Waals surface area contributed by atoms with Crippen LogP contribution in [-0.2, 0) is 4.74 Å². The molecule has 0 aliphatic carbocycles. The van der Waals surface area contributed by atoms with E-state index in [9.17, 15) is 4.79 Å². The van der Waals surface area contributed by atoms with Gasteiger partial charge < -0.3 is 15.4 Å². The first-order valence-electron chi connectivity index (χ1n) is 5.47. The minimum atomic E-state index is -0.176. The maximum absolute atomic E-state index is 11.8. The fourth-order valence-electron chi connectivity index (χ4n) is 1.60. The third-order valence-electron chi connectivity index (χ3n) is 2.48. The van der Waals surface area contributed by atoms with Crippen molar-refractivity contribution in [1.29, 1.82) is 0 Å². The Bertz CT molecular complexity index is 394. The summed E-state index contributed by atoms with van der Waals surface area (Å²) >= 11 is 3.30. The van der Waals surface area contributed by atoms with Crippen LogP contribution in [0.3, 0.4) is 0 Å². The largest absolute Gasteiger partial charge is 0.378 e. The van der Waals surface area contributed by atoms with Crippen molar-refractivity contribution in [2.24, 2.45) is 0 Å². The Kier molecular flexibility index (Phi) is 4.47. The van der Waals surface area contributed by atoms with Gasteiger partial charge in [-0.3, -0.25) is 4.79 Å². The summed E-state index contributed by atoms with van der Waals surface area (Å²) in [6.07, 6.45) is 1.60. The van der Waals surface area contributed by atoms with Crippen LogP contribution in [0.15, 0.2) is 22.8 Å². The zero-order chi connectivity index (χ0) is 12.1. The lowest BCUT2D eigenvalue weighted by molar-refractivity contribution is 0.0733. The van der Waals surface area contributed by atoms with Crippen LogP contribution < -0.4 is 10.6 Å². The first-order chi connectivity index (χ1) is 8.27. The molecular weight excluding hydrogens is 286 g/mol. The van der Waals surface area contributed by atoms with E-state index in [-0.39, 0.29) is 11.9 Å². The number of nitrogens with zero attached hydrogens (tertiary/aromatic N) is 1. The Morgan fingerprint density at radius 1 is 1.71 bits per heavy atom. The quantitative estimate of drug-likeness (QED) is 0.856. The van der Waals surface area contributed by atoms with E-state index in [4.69, 9.17) is 4.74 Å². The van der Waals surface area contributed by atoms with E-state index in [1.165, 1.54) is 0 Å². The van der Waals surface area contributed by atoms with Gasteiger partial charge in [-0.25, -0.2) is 4.98 Å². The number of ether oxygens (including phenoxy) is 1. The van der Waals surface area contributed by atoms with Gasteiger partial charge in [0.05, 0.1) is 13.2 Å². The Hall–Kier alpha value is -0.980. The Morgan fingerprint density at radius 3 is 3.29 bits per heavy atom. The van der Waals surface area contributed by atoms with Crippen LogP contribution in [0.5, 0.6) is 0 Å². The molecule has 1 unspecified atom stereocenters. The van der Waals surface area contributed by atoms with Gasteiger partial charge >= 0.3 is 0 Å². The molecule has 1 amide bonds. The minimum absolute atomic E-state index is 0.176. The van der Waals surface area contributed by atoms with Crippen molar-refractivity contribution in [3.05, 3.63) is 28.5 Å². The van der Waals surface area contributed by atoms with Crippen LogP contribution in [0.4, 0.5) is 0 Å². The molecule has 2 heterocycles. The fraction of sp³-hybridized carbons (Fsp3) is 0.455. The summed E-state index contributed by atoms with van der Waals surface area (Å²) in [5.74, 6) is -0.176. The van der Waals surface area contributed by atoms with E-state index in [1.54, 1.807) is 18.3 Å². The van der Waals surface area contributed by atoms with Crippen molar-refractivity contribution in [1.82, 2.24) is 15.6 Å². The van der Waals surface area contributed by atoms with Crippen LogP contribution in [0.1, 0.15) is 10.5 Å². The topological polar surface area (TPSA) is 63.2 Å². The molecule has 1 fully saturated rings. The van der Waals surface area contributed by atoms with Gasteiger partial charge in [-0.2, -0.15) is 0 Å². The molecule has 92 valence electrons. The molecule has 1 atom stereocenters. The highest BCUT2D eigenvalue weighted by molar-refractivity contribution is 9.10. The van der Waals surface area contributed by atoms with Crippen LogP contribution >= 0.6 is 15.9 Å². The van der Waals surface area contributed by atoms with Crippen LogP contribution in [0, 0.1) is 0 Å². The van der Waals surface area contributed by atoms with Gasteiger partial charge in [-0.15, -0.1) is 0 Å². The van der Waals surface area contributed by atoms with Crippen molar-refractivity contribution >= 4 is 21.8 Å². The van der Waals surface area contributed by atoms with Crippen molar-refractivity contribution in [2.75, 3.05) is 26.3 Å². The van der Waals surface area contributed by atoms with Gasteiger partial charge in [-0.05, 0) is 28.1 Å². The Labute approximate surface area is 108 Å². The summed E-state index contributed by atoms with van der Waals surface area (Å²) in [6.45, 7) is 2.73. The molecule has 5 nitrogen and oxygen atoms in total. The number of hydrogen-bond acceptors (Lipinski definition) is 4. The number of morpholine rings is 1. The molecule has 6 heteroatoms. The second kappa shape index (κ2) is 6.09. The summed E-state index contributed by atoms with van der Waals surface area (Å²) in [7, 11) is 0. The van der Waals surface area contributed by atoms with Crippen molar-refractivity contribution in [3.63, 3.8) is 0 Å². The summed E-state index contributed by atoms with van der Waals surface area (Å²) in [5.41, 5.74) is 0.407. The second-order valence-corrected chi connectivity index (χ2v) is 4.62. The number of carbonyl (C=O) groups is 1. The normalized spacial score (nSPS) is 19.9. The van der Waals surface area contributed by atoms with Crippen LogP contribution in [0.2, 0.25) is 0 Å². The third kappa shape index (κ3) is 3.49. The van der Waals surface area contributed by atoms with Gasteiger partial charge in [-0.1, -0.05) is 0 Å². The Morgan fingerprint density at radius 2 is 2.59 bits per heavy atom. The number of nitrogens with one attached hydrogen (secondary N) is 2. The lowest BCUT2D eigenvalue weighted by Gasteiger charge is -2.23. The summed E-state index contributed by atoms with van der Waals surface area (Å²) < 4.78 is 6.00. The molecule has 1 aliphatic heterocycles. The molecule has 0 spiro atoms. The predicted octanol–water partition coefficient (Wildman–Crippen LogP) is 0.562. The number of rotatable bonds is 3. The summed E-state index contributed by atoms with van der Waals surface area (Å²) in [5, 5.41) is 6.10. The van der Waals surface area contributed by atoms with E-state index < -0.39 is 0 Å². The van der Waals surface area contributed by atoms with Gasteiger partial charge in [0.2, 0.25) is 0 Å². The van der Waals surface area contributed by atoms with Gasteiger partial charge in [0.1, 0.15) is 5.69 Å². The lowest BCUT2D eigenvalue weighted by atomic mass is 10.2. The number of pyridine rings is 1. The maximum atomic E-state index is 11.8. The number of aromatic nitrogens is 1. The van der Waals surface area contributed by atoms with Gasteiger partial charge in [0.15, 0.2) is 0 Å². The molecule has 2 N–H and O–H groups in total. The smallest absolute Gasteiger partial charge is 0.271 e. The molecule has 1 aromatic heterocycles. The van der Waals surface area contributed by atoms with Crippen molar-refractivity contribution < 1.29 is 9.53 Å². The molecule has 0 saturated carbocycles. The maximum Gasteiger partial charge on any atom is 0.271 e. The number of hydrogen-bond donors (Lipinski definition) is 2. The minimum Gasteiger partial charge on any atom is -0.378 e. The zero-order valence-corrected chi connectivity index (χ0v) is 10.9. The number of amides is 1. The molecule has 1 aromatic rings. The molecular formula is C11H14BrN3O2. The van der Waals surface area contributed by atoms with Crippen LogP contribution in [-0.4, -0.2) is 43.2 Å². The SMILES string of the molecule is O=C(NCC1COCCN1)c1ncccc1Br.